The average Bonchev–Trinajstić information content (AvgIpc) is 2.82. The number of ether oxygens (including phenoxy) is 2. The zero-order valence-corrected chi connectivity index (χ0v) is 21.6. The van der Waals surface area contributed by atoms with Crippen LogP contribution in [0, 0.1) is 6.92 Å². The molecule has 3 aromatic rings. The first-order valence-corrected chi connectivity index (χ1v) is 12.9. The molecule has 0 saturated heterocycles. The lowest BCUT2D eigenvalue weighted by Crippen LogP contribution is -2.40. The first-order valence-electron chi connectivity index (χ1n) is 10.7. The predicted molar refractivity (Wildman–Crippen MR) is 136 cm³/mol. The number of benzene rings is 3. The Kier molecular flexibility index (Phi) is 8.57. The number of hydrogen-bond donors (Lipinski definition) is 1. The average molecular weight is 547 g/mol. The van der Waals surface area contributed by atoms with Crippen molar-refractivity contribution in [3.8, 4) is 11.5 Å². The van der Waals surface area contributed by atoms with Gasteiger partial charge in [-0.25, -0.2) is 8.42 Å². The SMILES string of the molecule is CCOc1cccc(CNC(=O)CN(c2ccc(C)cc2)S(=O)(=O)c2ccc(OC)c(Br)c2)c1. The maximum Gasteiger partial charge on any atom is 0.264 e. The van der Waals surface area contributed by atoms with E-state index in [-0.39, 0.29) is 18.0 Å². The molecule has 0 bridgehead atoms. The van der Waals surface area contributed by atoms with Crippen LogP contribution in [0.1, 0.15) is 18.1 Å². The van der Waals surface area contributed by atoms with E-state index in [0.717, 1.165) is 15.4 Å². The Balaban J connectivity index is 1.85. The predicted octanol–water partition coefficient (Wildman–Crippen LogP) is 4.68. The smallest absolute Gasteiger partial charge is 0.264 e. The number of hydrogen-bond acceptors (Lipinski definition) is 5. The Bertz CT molecular complexity index is 1250. The van der Waals surface area contributed by atoms with Gasteiger partial charge in [0.15, 0.2) is 0 Å². The lowest BCUT2D eigenvalue weighted by atomic mass is 10.2. The van der Waals surface area contributed by atoms with E-state index >= 15 is 0 Å². The molecule has 1 N–H and O–H groups in total. The van der Waals surface area contributed by atoms with Gasteiger partial charge in [-0.3, -0.25) is 9.10 Å². The molecule has 0 aliphatic heterocycles. The standard InChI is InChI=1S/C25H27BrN2O5S/c1-4-33-21-7-5-6-19(14-21)16-27-25(29)17-28(20-10-8-18(2)9-11-20)34(30,31)22-12-13-24(32-3)23(26)15-22/h5-15H,4,16-17H2,1-3H3,(H,27,29). The van der Waals surface area contributed by atoms with Crippen molar-refractivity contribution in [3.05, 3.63) is 82.3 Å². The second kappa shape index (κ2) is 11.4. The summed E-state index contributed by atoms with van der Waals surface area (Å²) in [4.78, 5) is 12.9. The van der Waals surface area contributed by atoms with Crippen molar-refractivity contribution in [1.29, 1.82) is 0 Å². The molecule has 9 heteroatoms. The normalized spacial score (nSPS) is 11.1. The van der Waals surface area contributed by atoms with Crippen LogP contribution in [0.5, 0.6) is 11.5 Å². The molecule has 0 spiro atoms. The van der Waals surface area contributed by atoms with Crippen LogP contribution in [0.3, 0.4) is 0 Å². The van der Waals surface area contributed by atoms with Crippen molar-refractivity contribution in [2.45, 2.75) is 25.3 Å². The minimum Gasteiger partial charge on any atom is -0.496 e. The van der Waals surface area contributed by atoms with E-state index in [0.29, 0.717) is 28.3 Å². The molecule has 180 valence electrons. The van der Waals surface area contributed by atoms with E-state index < -0.39 is 15.9 Å². The summed E-state index contributed by atoms with van der Waals surface area (Å²) in [6.07, 6.45) is 0. The summed E-state index contributed by atoms with van der Waals surface area (Å²) in [7, 11) is -2.54. The van der Waals surface area contributed by atoms with Crippen molar-refractivity contribution in [2.24, 2.45) is 0 Å². The van der Waals surface area contributed by atoms with Crippen molar-refractivity contribution in [1.82, 2.24) is 5.32 Å². The number of nitrogens with one attached hydrogen (secondary N) is 1. The summed E-state index contributed by atoms with van der Waals surface area (Å²) < 4.78 is 39.4. The van der Waals surface area contributed by atoms with Crippen LogP contribution in [-0.4, -0.2) is 34.6 Å². The van der Waals surface area contributed by atoms with Crippen LogP contribution in [0.4, 0.5) is 5.69 Å². The summed E-state index contributed by atoms with van der Waals surface area (Å²) in [5, 5.41) is 2.80. The number of methoxy groups -OCH3 is 1. The number of halogens is 1. The zero-order chi connectivity index (χ0) is 24.7. The number of anilines is 1. The molecule has 3 rings (SSSR count). The van der Waals surface area contributed by atoms with Crippen molar-refractivity contribution in [3.63, 3.8) is 0 Å². The number of carbonyl (C=O) groups excluding carboxylic acids is 1. The molecule has 0 fully saturated rings. The summed E-state index contributed by atoms with van der Waals surface area (Å²) in [5.74, 6) is 0.787. The molecule has 0 radical (unpaired) electrons. The van der Waals surface area contributed by atoms with E-state index in [1.165, 1.54) is 19.2 Å². The van der Waals surface area contributed by atoms with Gasteiger partial charge in [-0.15, -0.1) is 0 Å². The van der Waals surface area contributed by atoms with Crippen LogP contribution in [-0.2, 0) is 21.4 Å². The van der Waals surface area contributed by atoms with Crippen LogP contribution < -0.4 is 19.1 Å². The topological polar surface area (TPSA) is 84.9 Å². The van der Waals surface area contributed by atoms with Gasteiger partial charge >= 0.3 is 0 Å². The van der Waals surface area contributed by atoms with E-state index in [1.807, 2.05) is 38.1 Å². The molecule has 0 saturated carbocycles. The maximum absolute atomic E-state index is 13.6. The Labute approximate surface area is 208 Å². The molecule has 34 heavy (non-hydrogen) atoms. The quantitative estimate of drug-likeness (QED) is 0.399. The van der Waals surface area contributed by atoms with E-state index in [1.54, 1.807) is 30.3 Å². The molecular formula is C25H27BrN2O5S. The van der Waals surface area contributed by atoms with Crippen LogP contribution >= 0.6 is 15.9 Å². The molecular weight excluding hydrogens is 520 g/mol. The molecule has 7 nitrogen and oxygen atoms in total. The molecule has 1 amide bonds. The molecule has 0 atom stereocenters. The lowest BCUT2D eigenvalue weighted by molar-refractivity contribution is -0.119. The molecule has 3 aromatic carbocycles. The molecule has 0 aliphatic rings. The number of carbonyl (C=O) groups is 1. The fraction of sp³-hybridized carbons (Fsp3) is 0.240. The molecule has 0 heterocycles. The number of aryl methyl sites for hydroxylation is 1. The second-order valence-corrected chi connectivity index (χ2v) is 10.2. The van der Waals surface area contributed by atoms with Crippen molar-refractivity contribution < 1.29 is 22.7 Å². The van der Waals surface area contributed by atoms with Gasteiger partial charge in [-0.05, 0) is 77.8 Å². The van der Waals surface area contributed by atoms with Gasteiger partial charge in [0.25, 0.3) is 10.0 Å². The zero-order valence-electron chi connectivity index (χ0n) is 19.2. The van der Waals surface area contributed by atoms with E-state index in [4.69, 9.17) is 9.47 Å². The number of nitrogens with zero attached hydrogens (tertiary/aromatic N) is 1. The highest BCUT2D eigenvalue weighted by molar-refractivity contribution is 9.10. The van der Waals surface area contributed by atoms with Gasteiger partial charge in [0.05, 0.1) is 28.8 Å². The number of rotatable bonds is 10. The fourth-order valence-electron chi connectivity index (χ4n) is 3.26. The van der Waals surface area contributed by atoms with Gasteiger partial charge in [0.1, 0.15) is 18.0 Å². The van der Waals surface area contributed by atoms with Crippen LogP contribution in [0.25, 0.3) is 0 Å². The van der Waals surface area contributed by atoms with Gasteiger partial charge < -0.3 is 14.8 Å². The van der Waals surface area contributed by atoms with Crippen molar-refractivity contribution in [2.75, 3.05) is 24.6 Å². The molecule has 0 aromatic heterocycles. The summed E-state index contributed by atoms with van der Waals surface area (Å²) in [6, 6.07) is 18.9. The molecule has 0 unspecified atom stereocenters. The van der Waals surface area contributed by atoms with Gasteiger partial charge in [-0.1, -0.05) is 29.8 Å². The minimum atomic E-state index is -4.04. The Morgan fingerprint density at radius 2 is 1.79 bits per heavy atom. The Morgan fingerprint density at radius 1 is 1.06 bits per heavy atom. The Hall–Kier alpha value is -3.04. The Morgan fingerprint density at radius 3 is 2.44 bits per heavy atom. The lowest BCUT2D eigenvalue weighted by Gasteiger charge is -2.24. The fourth-order valence-corrected chi connectivity index (χ4v) is 5.40. The maximum atomic E-state index is 13.6. The largest absolute Gasteiger partial charge is 0.496 e. The van der Waals surface area contributed by atoms with Crippen LogP contribution in [0.2, 0.25) is 0 Å². The first-order chi connectivity index (χ1) is 16.2. The third-order valence-corrected chi connectivity index (χ3v) is 7.41. The van der Waals surface area contributed by atoms with Crippen LogP contribution in [0.15, 0.2) is 76.1 Å². The summed E-state index contributed by atoms with van der Waals surface area (Å²) in [6.45, 7) is 4.22. The highest BCUT2D eigenvalue weighted by Gasteiger charge is 2.28. The molecule has 0 aliphatic carbocycles. The monoisotopic (exact) mass is 546 g/mol. The number of amides is 1. The summed E-state index contributed by atoms with van der Waals surface area (Å²) in [5.41, 5.74) is 2.22. The third kappa shape index (κ3) is 6.30. The second-order valence-electron chi connectivity index (χ2n) is 7.50. The van der Waals surface area contributed by atoms with E-state index in [9.17, 15) is 13.2 Å². The van der Waals surface area contributed by atoms with E-state index in [2.05, 4.69) is 21.2 Å². The first kappa shape index (κ1) is 25.6. The minimum absolute atomic E-state index is 0.0398. The van der Waals surface area contributed by atoms with Gasteiger partial charge in [-0.2, -0.15) is 0 Å². The summed E-state index contributed by atoms with van der Waals surface area (Å²) >= 11 is 3.34. The van der Waals surface area contributed by atoms with Gasteiger partial charge in [0, 0.05) is 6.54 Å². The third-order valence-electron chi connectivity index (χ3n) is 5.02. The number of sulfonamides is 1. The highest BCUT2D eigenvalue weighted by atomic mass is 79.9. The highest BCUT2D eigenvalue weighted by Crippen LogP contribution is 2.30. The van der Waals surface area contributed by atoms with Gasteiger partial charge in [0.2, 0.25) is 5.91 Å². The van der Waals surface area contributed by atoms with Crippen molar-refractivity contribution >= 4 is 37.5 Å².